The average Bonchev–Trinajstić information content (AvgIpc) is 2.81. The molecule has 1 heterocycles. The molecule has 0 unspecified atom stereocenters. The normalized spacial score (nSPS) is 16.2. The van der Waals surface area contributed by atoms with Gasteiger partial charge in [-0.2, -0.15) is 4.31 Å². The number of halogens is 2. The van der Waals surface area contributed by atoms with E-state index in [2.05, 4.69) is 0 Å². The number of nitrogens with zero attached hydrogens (tertiary/aromatic N) is 1. The van der Waals surface area contributed by atoms with Crippen molar-refractivity contribution in [3.8, 4) is 11.1 Å². The summed E-state index contributed by atoms with van der Waals surface area (Å²) in [4.78, 5) is 0.449. The second-order valence-electron chi connectivity index (χ2n) is 7.61. The van der Waals surface area contributed by atoms with Gasteiger partial charge in [0.05, 0.1) is 25.1 Å². The summed E-state index contributed by atoms with van der Waals surface area (Å²) in [7, 11) is -7.20. The van der Waals surface area contributed by atoms with Crippen LogP contribution in [0.25, 0.3) is 11.1 Å². The first-order chi connectivity index (χ1) is 15.2. The van der Waals surface area contributed by atoms with E-state index in [0.717, 1.165) is 11.1 Å². The zero-order valence-corrected chi connectivity index (χ0v) is 20.1. The summed E-state index contributed by atoms with van der Waals surface area (Å²) >= 11 is 12.0. The molecule has 0 radical (unpaired) electrons. The minimum Gasteiger partial charge on any atom is -0.223 e. The fraction of sp³-hybridized carbons (Fsp3) is 0.217. The Morgan fingerprint density at radius 1 is 0.688 bits per heavy atom. The first kappa shape index (κ1) is 23.3. The Morgan fingerprint density at radius 2 is 1.28 bits per heavy atom. The van der Waals surface area contributed by atoms with Crippen molar-refractivity contribution >= 4 is 43.1 Å². The molecule has 3 aromatic carbocycles. The number of sulfonamides is 1. The molecule has 0 atom stereocenters. The molecule has 4 rings (SSSR count). The van der Waals surface area contributed by atoms with Gasteiger partial charge in [-0.25, -0.2) is 16.8 Å². The van der Waals surface area contributed by atoms with Gasteiger partial charge >= 0.3 is 0 Å². The Bertz CT molecular complexity index is 1320. The summed E-state index contributed by atoms with van der Waals surface area (Å²) in [5.41, 5.74) is 1.64. The van der Waals surface area contributed by atoms with E-state index in [0.29, 0.717) is 10.0 Å². The Hall–Kier alpha value is -1.90. The maximum absolute atomic E-state index is 13.1. The van der Waals surface area contributed by atoms with Gasteiger partial charge in [-0.3, -0.25) is 0 Å². The molecule has 0 aromatic heterocycles. The van der Waals surface area contributed by atoms with Crippen LogP contribution in [0.2, 0.25) is 10.0 Å². The van der Waals surface area contributed by atoms with Crippen molar-refractivity contribution < 1.29 is 16.8 Å². The number of hydrogen-bond donors (Lipinski definition) is 0. The molecule has 9 heteroatoms. The molecule has 0 bridgehead atoms. The lowest BCUT2D eigenvalue weighted by Crippen LogP contribution is -2.42. The molecule has 0 amide bonds. The zero-order valence-electron chi connectivity index (χ0n) is 17.0. The van der Waals surface area contributed by atoms with Gasteiger partial charge in [0.1, 0.15) is 0 Å². The quantitative estimate of drug-likeness (QED) is 0.468. The Kier molecular flexibility index (Phi) is 6.66. The highest BCUT2D eigenvalue weighted by Crippen LogP contribution is 2.31. The van der Waals surface area contributed by atoms with Crippen molar-refractivity contribution in [3.05, 3.63) is 82.8 Å². The molecular weight excluding hydrogens is 489 g/mol. The molecule has 0 N–H and O–H groups in total. The van der Waals surface area contributed by atoms with Crippen LogP contribution in [0.5, 0.6) is 0 Å². The average molecular weight is 510 g/mol. The summed E-state index contributed by atoms with van der Waals surface area (Å²) in [5, 5.41) is 0.287. The van der Waals surface area contributed by atoms with E-state index in [1.165, 1.54) is 4.31 Å². The smallest absolute Gasteiger partial charge is 0.223 e. The summed E-state index contributed by atoms with van der Waals surface area (Å²) < 4.78 is 53.2. The van der Waals surface area contributed by atoms with Crippen LogP contribution < -0.4 is 0 Å². The fourth-order valence-electron chi connectivity index (χ4n) is 3.83. The van der Waals surface area contributed by atoms with Crippen molar-refractivity contribution in [2.24, 2.45) is 0 Å². The van der Waals surface area contributed by atoms with Crippen LogP contribution in [0.15, 0.2) is 82.6 Å². The van der Waals surface area contributed by atoms with Crippen molar-refractivity contribution in [3.63, 3.8) is 0 Å². The highest BCUT2D eigenvalue weighted by atomic mass is 35.5. The molecule has 3 aromatic rings. The first-order valence-electron chi connectivity index (χ1n) is 10.0. The van der Waals surface area contributed by atoms with E-state index < -0.39 is 25.1 Å². The van der Waals surface area contributed by atoms with Crippen molar-refractivity contribution in [1.82, 2.24) is 4.31 Å². The van der Waals surface area contributed by atoms with Gasteiger partial charge in [0, 0.05) is 13.1 Å². The maximum Gasteiger partial charge on any atom is 0.243 e. The number of rotatable bonds is 5. The molecule has 1 aliphatic heterocycles. The van der Waals surface area contributed by atoms with Gasteiger partial charge in [0.15, 0.2) is 9.84 Å². The maximum atomic E-state index is 13.1. The standard InChI is InChI=1S/C23H21Cl2NO4S2/c24-22-11-8-18(16-23(22)25)17-6-9-21(10-7-17)32(29,30)26-14-12-20(13-15-26)31(27,28)19-4-2-1-3-5-19/h1-11,16,20H,12-15H2. The number of hydrogen-bond acceptors (Lipinski definition) is 4. The van der Waals surface area contributed by atoms with Crippen LogP contribution in [-0.2, 0) is 19.9 Å². The summed E-state index contributed by atoms with van der Waals surface area (Å²) in [5.74, 6) is 0. The van der Waals surface area contributed by atoms with Gasteiger partial charge in [-0.15, -0.1) is 0 Å². The third kappa shape index (κ3) is 4.58. The van der Waals surface area contributed by atoms with Crippen LogP contribution in [0.3, 0.4) is 0 Å². The van der Waals surface area contributed by atoms with Crippen molar-refractivity contribution in [2.45, 2.75) is 27.9 Å². The Balaban J connectivity index is 1.48. The van der Waals surface area contributed by atoms with E-state index in [1.807, 2.05) is 6.07 Å². The van der Waals surface area contributed by atoms with Crippen LogP contribution in [-0.4, -0.2) is 39.5 Å². The lowest BCUT2D eigenvalue weighted by Gasteiger charge is -2.31. The van der Waals surface area contributed by atoms with Gasteiger partial charge in [0.25, 0.3) is 0 Å². The van der Waals surface area contributed by atoms with Gasteiger partial charge in [-0.1, -0.05) is 59.6 Å². The zero-order chi connectivity index (χ0) is 22.9. The minimum atomic E-state index is -3.72. The molecule has 5 nitrogen and oxygen atoms in total. The molecule has 32 heavy (non-hydrogen) atoms. The minimum absolute atomic E-state index is 0.160. The highest BCUT2D eigenvalue weighted by Gasteiger charge is 2.35. The highest BCUT2D eigenvalue weighted by molar-refractivity contribution is 7.92. The SMILES string of the molecule is O=S(=O)(c1ccccc1)C1CCN(S(=O)(=O)c2ccc(-c3ccc(Cl)c(Cl)c3)cc2)CC1. The predicted octanol–water partition coefficient (Wildman–Crippen LogP) is 5.29. The number of sulfone groups is 1. The number of piperidine rings is 1. The van der Waals surface area contributed by atoms with Crippen LogP contribution in [0.1, 0.15) is 12.8 Å². The summed E-state index contributed by atoms with van der Waals surface area (Å²) in [6.07, 6.45) is 0.523. The molecule has 0 aliphatic carbocycles. The lowest BCUT2D eigenvalue weighted by atomic mass is 10.1. The molecule has 1 aliphatic rings. The van der Waals surface area contributed by atoms with Gasteiger partial charge in [0.2, 0.25) is 10.0 Å². The monoisotopic (exact) mass is 509 g/mol. The fourth-order valence-corrected chi connectivity index (χ4v) is 7.35. The lowest BCUT2D eigenvalue weighted by molar-refractivity contribution is 0.345. The summed E-state index contributed by atoms with van der Waals surface area (Å²) in [6, 6.07) is 20.1. The molecule has 1 saturated heterocycles. The van der Waals surface area contributed by atoms with Gasteiger partial charge < -0.3 is 0 Å². The van der Waals surface area contributed by atoms with Crippen molar-refractivity contribution in [1.29, 1.82) is 0 Å². The predicted molar refractivity (Wildman–Crippen MR) is 127 cm³/mol. The van der Waals surface area contributed by atoms with E-state index in [-0.39, 0.29) is 35.7 Å². The van der Waals surface area contributed by atoms with E-state index in [9.17, 15) is 16.8 Å². The largest absolute Gasteiger partial charge is 0.243 e. The second-order valence-corrected chi connectivity index (χ2v) is 12.6. The summed E-state index contributed by atoms with van der Waals surface area (Å²) in [6.45, 7) is 0.321. The molecule has 0 saturated carbocycles. The van der Waals surface area contributed by atoms with Gasteiger partial charge in [-0.05, 0) is 60.4 Å². The van der Waals surface area contributed by atoms with E-state index >= 15 is 0 Å². The van der Waals surface area contributed by atoms with Crippen LogP contribution >= 0.6 is 23.2 Å². The topological polar surface area (TPSA) is 71.5 Å². The Labute approximate surface area is 198 Å². The van der Waals surface area contributed by atoms with Crippen LogP contribution in [0, 0.1) is 0 Å². The van der Waals surface area contributed by atoms with E-state index in [1.54, 1.807) is 66.7 Å². The van der Waals surface area contributed by atoms with E-state index in [4.69, 9.17) is 23.2 Å². The molecular formula is C23H21Cl2NO4S2. The third-order valence-electron chi connectivity index (χ3n) is 5.66. The molecule has 1 fully saturated rings. The number of benzene rings is 3. The third-order valence-corrected chi connectivity index (χ3v) is 10.6. The molecule has 0 spiro atoms. The van der Waals surface area contributed by atoms with Crippen molar-refractivity contribution in [2.75, 3.05) is 13.1 Å². The molecule has 168 valence electrons. The Morgan fingerprint density at radius 3 is 1.88 bits per heavy atom. The first-order valence-corrected chi connectivity index (χ1v) is 13.8. The van der Waals surface area contributed by atoms with Crippen LogP contribution in [0.4, 0.5) is 0 Å². The second kappa shape index (κ2) is 9.15.